The van der Waals surface area contributed by atoms with Crippen molar-refractivity contribution in [3.8, 4) is 0 Å². The van der Waals surface area contributed by atoms with Crippen LogP contribution in [-0.4, -0.2) is 33.7 Å². The first-order valence-corrected chi connectivity index (χ1v) is 10.7. The number of amides is 2. The summed E-state index contributed by atoms with van der Waals surface area (Å²) in [6.45, 7) is 5.54. The van der Waals surface area contributed by atoms with Gasteiger partial charge in [-0.1, -0.05) is 54.4 Å². The molecule has 0 heterocycles. The van der Waals surface area contributed by atoms with Gasteiger partial charge < -0.3 is 10.2 Å². The fourth-order valence-corrected chi connectivity index (χ4v) is 3.70. The quantitative estimate of drug-likeness (QED) is 0.426. The molecule has 2 amide bonds. The Morgan fingerprint density at radius 3 is 2.39 bits per heavy atom. The molecule has 0 saturated carbocycles. The van der Waals surface area contributed by atoms with Gasteiger partial charge in [0.15, 0.2) is 0 Å². The highest BCUT2D eigenvalue weighted by Crippen LogP contribution is 2.25. The average molecular weight is 466 g/mol. The summed E-state index contributed by atoms with van der Waals surface area (Å²) in [5.41, 5.74) is 0.765. The maximum absolute atomic E-state index is 13.3. The van der Waals surface area contributed by atoms with Crippen LogP contribution in [0.2, 0.25) is 10.0 Å². The lowest BCUT2D eigenvalue weighted by Gasteiger charge is -2.31. The van der Waals surface area contributed by atoms with E-state index in [0.29, 0.717) is 22.0 Å². The molecule has 31 heavy (non-hydrogen) atoms. The molecule has 2 rings (SSSR count). The Bertz CT molecular complexity index is 966. The summed E-state index contributed by atoms with van der Waals surface area (Å²) in [5, 5.41) is 15.0. The van der Waals surface area contributed by atoms with Gasteiger partial charge in [0, 0.05) is 34.3 Å². The van der Waals surface area contributed by atoms with Gasteiger partial charge in [0.2, 0.25) is 11.8 Å². The van der Waals surface area contributed by atoms with E-state index >= 15 is 0 Å². The van der Waals surface area contributed by atoms with Gasteiger partial charge in [-0.05, 0) is 38.0 Å². The van der Waals surface area contributed by atoms with Crippen LogP contribution in [0, 0.1) is 10.1 Å². The van der Waals surface area contributed by atoms with E-state index in [0.717, 1.165) is 0 Å². The Labute approximate surface area is 191 Å². The molecule has 0 radical (unpaired) electrons. The molecule has 0 aromatic heterocycles. The summed E-state index contributed by atoms with van der Waals surface area (Å²) in [7, 11) is 0. The molecule has 0 aliphatic carbocycles. The van der Waals surface area contributed by atoms with E-state index in [9.17, 15) is 19.7 Å². The van der Waals surface area contributed by atoms with Crippen LogP contribution in [0.5, 0.6) is 0 Å². The van der Waals surface area contributed by atoms with E-state index < -0.39 is 16.9 Å². The van der Waals surface area contributed by atoms with E-state index in [4.69, 9.17) is 23.2 Å². The van der Waals surface area contributed by atoms with Crippen molar-refractivity contribution < 1.29 is 14.5 Å². The van der Waals surface area contributed by atoms with Crippen molar-refractivity contribution in [1.82, 2.24) is 10.2 Å². The van der Waals surface area contributed by atoms with Crippen LogP contribution >= 0.6 is 23.2 Å². The maximum atomic E-state index is 13.3. The molecule has 166 valence electrons. The number of nitrogens with zero attached hydrogens (tertiary/aromatic N) is 2. The van der Waals surface area contributed by atoms with Crippen LogP contribution in [0.25, 0.3) is 0 Å². The summed E-state index contributed by atoms with van der Waals surface area (Å²) in [5.74, 6) is -0.704. The minimum absolute atomic E-state index is 0.0689. The maximum Gasteiger partial charge on any atom is 0.273 e. The minimum atomic E-state index is -0.760. The number of nitro benzene ring substituents is 1. The van der Waals surface area contributed by atoms with E-state index in [2.05, 4.69) is 5.32 Å². The second-order valence-corrected chi connectivity index (χ2v) is 8.25. The van der Waals surface area contributed by atoms with Crippen LogP contribution in [0.3, 0.4) is 0 Å². The van der Waals surface area contributed by atoms with Gasteiger partial charge >= 0.3 is 0 Å². The third-order valence-electron chi connectivity index (χ3n) is 4.70. The molecule has 1 N–H and O–H groups in total. The number of hydrogen-bond acceptors (Lipinski definition) is 4. The van der Waals surface area contributed by atoms with Crippen molar-refractivity contribution in [3.05, 3.63) is 73.8 Å². The molecule has 2 aromatic carbocycles. The van der Waals surface area contributed by atoms with Crippen LogP contribution in [0.1, 0.15) is 38.3 Å². The lowest BCUT2D eigenvalue weighted by molar-refractivity contribution is -0.385. The lowest BCUT2D eigenvalue weighted by Crippen LogP contribution is -2.50. The summed E-state index contributed by atoms with van der Waals surface area (Å²) in [6, 6.07) is 10.1. The summed E-state index contributed by atoms with van der Waals surface area (Å²) >= 11 is 12.3. The molecule has 0 bridgehead atoms. The zero-order valence-electron chi connectivity index (χ0n) is 17.6. The van der Waals surface area contributed by atoms with Crippen molar-refractivity contribution >= 4 is 40.7 Å². The van der Waals surface area contributed by atoms with Gasteiger partial charge in [-0.15, -0.1) is 0 Å². The Morgan fingerprint density at radius 2 is 1.81 bits per heavy atom. The van der Waals surface area contributed by atoms with E-state index in [1.807, 2.05) is 13.8 Å². The van der Waals surface area contributed by atoms with E-state index in [-0.39, 0.29) is 36.2 Å². The zero-order valence-corrected chi connectivity index (χ0v) is 19.1. The van der Waals surface area contributed by atoms with Crippen LogP contribution in [0.15, 0.2) is 42.5 Å². The molecule has 0 aliphatic heterocycles. The van der Waals surface area contributed by atoms with Crippen molar-refractivity contribution in [1.29, 1.82) is 0 Å². The number of nitro groups is 1. The number of nitrogens with one attached hydrogen (secondary N) is 1. The normalized spacial score (nSPS) is 11.8. The number of hydrogen-bond donors (Lipinski definition) is 1. The highest BCUT2D eigenvalue weighted by molar-refractivity contribution is 6.35. The monoisotopic (exact) mass is 465 g/mol. The molecule has 9 heteroatoms. The molecule has 1 unspecified atom stereocenters. The SMILES string of the molecule is CCC(C(=O)NC(C)C)N(Cc1ccc(Cl)cc1Cl)C(=O)Cc1ccccc1[N+](=O)[O-]. The number of rotatable bonds is 9. The first-order valence-electron chi connectivity index (χ1n) is 9.90. The first kappa shape index (κ1) is 24.6. The number of benzene rings is 2. The molecule has 1 atom stereocenters. The van der Waals surface area contributed by atoms with E-state index in [1.165, 1.54) is 11.0 Å². The predicted molar refractivity (Wildman–Crippen MR) is 121 cm³/mol. The first-order chi connectivity index (χ1) is 14.6. The van der Waals surface area contributed by atoms with Gasteiger partial charge in [-0.3, -0.25) is 19.7 Å². The van der Waals surface area contributed by atoms with Crippen molar-refractivity contribution in [2.24, 2.45) is 0 Å². The Balaban J connectivity index is 2.41. The molecule has 0 spiro atoms. The highest BCUT2D eigenvalue weighted by Gasteiger charge is 2.30. The van der Waals surface area contributed by atoms with Crippen molar-refractivity contribution in [2.75, 3.05) is 0 Å². The third-order valence-corrected chi connectivity index (χ3v) is 5.29. The minimum Gasteiger partial charge on any atom is -0.352 e. The van der Waals surface area contributed by atoms with Crippen LogP contribution < -0.4 is 5.32 Å². The van der Waals surface area contributed by atoms with E-state index in [1.54, 1.807) is 43.3 Å². The van der Waals surface area contributed by atoms with Gasteiger partial charge in [-0.25, -0.2) is 0 Å². The van der Waals surface area contributed by atoms with Crippen molar-refractivity contribution in [2.45, 2.75) is 52.2 Å². The molecule has 7 nitrogen and oxygen atoms in total. The second kappa shape index (κ2) is 11.1. The molecule has 2 aromatic rings. The Morgan fingerprint density at radius 1 is 1.13 bits per heavy atom. The Hall–Kier alpha value is -2.64. The topological polar surface area (TPSA) is 92.6 Å². The number of carbonyl (C=O) groups excluding carboxylic acids is 2. The lowest BCUT2D eigenvalue weighted by atomic mass is 10.1. The fraction of sp³-hybridized carbons (Fsp3) is 0.364. The van der Waals surface area contributed by atoms with Crippen molar-refractivity contribution in [3.63, 3.8) is 0 Å². The fourth-order valence-electron chi connectivity index (χ4n) is 3.24. The van der Waals surface area contributed by atoms with Gasteiger partial charge in [0.25, 0.3) is 5.69 Å². The molecule has 0 saturated heterocycles. The summed E-state index contributed by atoms with van der Waals surface area (Å²) in [4.78, 5) is 38.4. The number of para-hydroxylation sites is 1. The summed E-state index contributed by atoms with van der Waals surface area (Å²) < 4.78 is 0. The standard InChI is InChI=1S/C22H25Cl2N3O4/c1-4-19(22(29)25-14(2)3)26(13-16-9-10-17(23)12-18(16)24)21(28)11-15-7-5-6-8-20(15)27(30)31/h5-10,12,14,19H,4,11,13H2,1-3H3,(H,25,29). The van der Waals surface area contributed by atoms with Gasteiger partial charge in [0.05, 0.1) is 11.3 Å². The largest absolute Gasteiger partial charge is 0.352 e. The third kappa shape index (κ3) is 6.67. The molecular formula is C22H25Cl2N3O4. The van der Waals surface area contributed by atoms with Crippen LogP contribution in [-0.2, 0) is 22.6 Å². The van der Waals surface area contributed by atoms with Crippen LogP contribution in [0.4, 0.5) is 5.69 Å². The highest BCUT2D eigenvalue weighted by atomic mass is 35.5. The molecule has 0 fully saturated rings. The average Bonchev–Trinajstić information content (AvgIpc) is 2.69. The summed E-state index contributed by atoms with van der Waals surface area (Å²) in [6.07, 6.45) is 0.153. The number of halogens is 2. The second-order valence-electron chi connectivity index (χ2n) is 7.41. The molecule has 0 aliphatic rings. The zero-order chi connectivity index (χ0) is 23.1. The van der Waals surface area contributed by atoms with Gasteiger partial charge in [0.1, 0.15) is 6.04 Å². The predicted octanol–water partition coefficient (Wildman–Crippen LogP) is 4.78. The Kier molecular flexibility index (Phi) is 8.83. The number of carbonyl (C=O) groups is 2. The smallest absolute Gasteiger partial charge is 0.273 e. The van der Waals surface area contributed by atoms with Gasteiger partial charge in [-0.2, -0.15) is 0 Å². The molecular weight excluding hydrogens is 441 g/mol.